The molecule has 0 bridgehead atoms. The number of para-hydroxylation sites is 1. The highest BCUT2D eigenvalue weighted by atomic mass is 16.5. The molecular formula is C30H30N2O4. The summed E-state index contributed by atoms with van der Waals surface area (Å²) in [6.45, 7) is 4.49. The van der Waals surface area contributed by atoms with E-state index in [0.29, 0.717) is 18.9 Å². The molecule has 0 saturated heterocycles. The van der Waals surface area contributed by atoms with E-state index in [1.165, 1.54) is 11.6 Å². The maximum absolute atomic E-state index is 13.0. The van der Waals surface area contributed by atoms with Gasteiger partial charge in [-0.1, -0.05) is 48.5 Å². The lowest BCUT2D eigenvalue weighted by Gasteiger charge is -2.16. The minimum absolute atomic E-state index is 0.0756. The van der Waals surface area contributed by atoms with Crippen molar-refractivity contribution in [2.24, 2.45) is 0 Å². The Labute approximate surface area is 211 Å². The van der Waals surface area contributed by atoms with Crippen LogP contribution in [0.3, 0.4) is 0 Å². The Kier molecular flexibility index (Phi) is 8.19. The van der Waals surface area contributed by atoms with Crippen LogP contribution < -0.4 is 10.1 Å². The van der Waals surface area contributed by atoms with Crippen molar-refractivity contribution in [1.29, 1.82) is 0 Å². The van der Waals surface area contributed by atoms with Crippen molar-refractivity contribution in [3.63, 3.8) is 0 Å². The van der Waals surface area contributed by atoms with E-state index in [2.05, 4.69) is 5.32 Å². The number of rotatable bonds is 10. The Bertz CT molecular complexity index is 1340. The number of carbonyl (C=O) groups excluding carboxylic acids is 2. The second-order valence-electron chi connectivity index (χ2n) is 8.37. The number of amides is 1. The van der Waals surface area contributed by atoms with E-state index in [-0.39, 0.29) is 5.91 Å². The van der Waals surface area contributed by atoms with E-state index in [9.17, 15) is 9.59 Å². The zero-order valence-corrected chi connectivity index (χ0v) is 20.5. The Balaban J connectivity index is 1.58. The number of hydrogen-bond donors (Lipinski definition) is 1. The van der Waals surface area contributed by atoms with Crippen LogP contribution in [0, 0.1) is 0 Å². The fourth-order valence-corrected chi connectivity index (χ4v) is 4.00. The number of hydrogen-bond acceptors (Lipinski definition) is 4. The third-order valence-electron chi connectivity index (χ3n) is 5.85. The fraction of sp³-hybridized carbons (Fsp3) is 0.200. The molecule has 1 atom stereocenters. The van der Waals surface area contributed by atoms with Gasteiger partial charge in [-0.3, -0.25) is 4.79 Å². The largest absolute Gasteiger partial charge is 0.463 e. The van der Waals surface area contributed by atoms with Gasteiger partial charge < -0.3 is 19.4 Å². The summed E-state index contributed by atoms with van der Waals surface area (Å²) >= 11 is 0. The molecule has 1 N–H and O–H groups in total. The summed E-state index contributed by atoms with van der Waals surface area (Å²) in [7, 11) is 0. The lowest BCUT2D eigenvalue weighted by molar-refractivity contribution is -0.137. The van der Waals surface area contributed by atoms with Gasteiger partial charge in [-0.2, -0.15) is 0 Å². The highest BCUT2D eigenvalue weighted by molar-refractivity contribution is 5.96. The molecule has 0 aliphatic rings. The topological polar surface area (TPSA) is 69.6 Å². The van der Waals surface area contributed by atoms with Crippen LogP contribution >= 0.6 is 0 Å². The molecule has 36 heavy (non-hydrogen) atoms. The van der Waals surface area contributed by atoms with E-state index >= 15 is 0 Å². The van der Waals surface area contributed by atoms with Crippen LogP contribution in [0.15, 0.2) is 91.1 Å². The summed E-state index contributed by atoms with van der Waals surface area (Å²) in [6, 6.07) is 24.9. The minimum Gasteiger partial charge on any atom is -0.463 e. The van der Waals surface area contributed by atoms with Gasteiger partial charge in [-0.15, -0.1) is 0 Å². The lowest BCUT2D eigenvalue weighted by Crippen LogP contribution is -2.32. The van der Waals surface area contributed by atoms with Gasteiger partial charge >= 0.3 is 5.97 Å². The second kappa shape index (κ2) is 11.9. The van der Waals surface area contributed by atoms with Crippen LogP contribution in [0.4, 0.5) is 0 Å². The Morgan fingerprint density at radius 3 is 2.42 bits per heavy atom. The Morgan fingerprint density at radius 2 is 1.69 bits per heavy atom. The van der Waals surface area contributed by atoms with Gasteiger partial charge in [-0.05, 0) is 62.2 Å². The molecule has 6 nitrogen and oxygen atoms in total. The first-order chi connectivity index (χ1) is 17.5. The highest BCUT2D eigenvalue weighted by Gasteiger charge is 2.19. The summed E-state index contributed by atoms with van der Waals surface area (Å²) in [6.07, 6.45) is 5.76. The Hall–Kier alpha value is -4.32. The van der Waals surface area contributed by atoms with Gasteiger partial charge in [0.2, 0.25) is 5.91 Å². The molecule has 0 spiro atoms. The SMILES string of the molecule is CCOC(=O)C=Cc1cn(C(C)C(=O)NCCc2ccccc2)c2ccc(Oc3ccccc3)cc12. The zero-order valence-electron chi connectivity index (χ0n) is 20.5. The minimum atomic E-state index is -0.450. The maximum atomic E-state index is 13.0. The third-order valence-corrected chi connectivity index (χ3v) is 5.85. The molecule has 184 valence electrons. The fourth-order valence-electron chi connectivity index (χ4n) is 4.00. The molecular weight excluding hydrogens is 452 g/mol. The molecule has 1 unspecified atom stereocenters. The van der Waals surface area contributed by atoms with Gasteiger partial charge in [-0.25, -0.2) is 4.79 Å². The summed E-state index contributed by atoms with van der Waals surface area (Å²) in [5, 5.41) is 3.91. The smallest absolute Gasteiger partial charge is 0.330 e. The van der Waals surface area contributed by atoms with E-state index < -0.39 is 12.0 Å². The van der Waals surface area contributed by atoms with Gasteiger partial charge in [0, 0.05) is 35.3 Å². The van der Waals surface area contributed by atoms with Crippen molar-refractivity contribution in [3.8, 4) is 11.5 Å². The van der Waals surface area contributed by atoms with E-state index in [1.54, 1.807) is 13.0 Å². The van der Waals surface area contributed by atoms with Gasteiger partial charge in [0.15, 0.2) is 0 Å². The maximum Gasteiger partial charge on any atom is 0.330 e. The number of nitrogens with zero attached hydrogens (tertiary/aromatic N) is 1. The predicted molar refractivity (Wildman–Crippen MR) is 142 cm³/mol. The number of benzene rings is 3. The van der Waals surface area contributed by atoms with E-state index in [0.717, 1.165) is 28.6 Å². The number of carbonyl (C=O) groups is 2. The summed E-state index contributed by atoms with van der Waals surface area (Å²) in [5.41, 5.74) is 2.83. The number of nitrogens with one attached hydrogen (secondary N) is 1. The molecule has 1 amide bonds. The number of fused-ring (bicyclic) bond motifs is 1. The molecule has 0 aliphatic heterocycles. The predicted octanol–water partition coefficient (Wildman–Crippen LogP) is 5.93. The zero-order chi connectivity index (χ0) is 25.3. The molecule has 0 aliphatic carbocycles. The second-order valence-corrected chi connectivity index (χ2v) is 8.37. The summed E-state index contributed by atoms with van der Waals surface area (Å²) in [4.78, 5) is 24.9. The molecule has 6 heteroatoms. The standard InChI is InChI=1S/C30H30N2O4/c1-3-35-29(33)17-14-24-21-32(22(2)30(34)31-19-18-23-10-6-4-7-11-23)28-16-15-26(20-27(24)28)36-25-12-8-5-9-13-25/h4-17,20-22H,3,18-19H2,1-2H3,(H,31,34). The third kappa shape index (κ3) is 6.21. The number of aromatic nitrogens is 1. The van der Waals surface area contributed by atoms with Crippen molar-refractivity contribution in [3.05, 3.63) is 102 Å². The van der Waals surface area contributed by atoms with Crippen LogP contribution in [0.25, 0.3) is 17.0 Å². The number of esters is 1. The Morgan fingerprint density at radius 1 is 0.972 bits per heavy atom. The number of ether oxygens (including phenoxy) is 2. The first-order valence-electron chi connectivity index (χ1n) is 12.1. The van der Waals surface area contributed by atoms with Gasteiger partial charge in [0.25, 0.3) is 0 Å². The van der Waals surface area contributed by atoms with Crippen molar-refractivity contribution < 1.29 is 19.1 Å². The van der Waals surface area contributed by atoms with Crippen LogP contribution in [0.2, 0.25) is 0 Å². The van der Waals surface area contributed by atoms with Crippen LogP contribution in [0.5, 0.6) is 11.5 Å². The van der Waals surface area contributed by atoms with Crippen LogP contribution in [-0.4, -0.2) is 29.6 Å². The lowest BCUT2D eigenvalue weighted by atomic mass is 10.1. The van der Waals surface area contributed by atoms with Crippen LogP contribution in [-0.2, 0) is 20.7 Å². The highest BCUT2D eigenvalue weighted by Crippen LogP contribution is 2.31. The van der Waals surface area contributed by atoms with Gasteiger partial charge in [0.1, 0.15) is 17.5 Å². The first-order valence-corrected chi connectivity index (χ1v) is 12.1. The molecule has 0 saturated carbocycles. The quantitative estimate of drug-likeness (QED) is 0.225. The van der Waals surface area contributed by atoms with Crippen LogP contribution in [0.1, 0.15) is 31.0 Å². The molecule has 1 heterocycles. The van der Waals surface area contributed by atoms with Crippen molar-refractivity contribution in [1.82, 2.24) is 9.88 Å². The van der Waals surface area contributed by atoms with Crippen molar-refractivity contribution in [2.45, 2.75) is 26.3 Å². The molecule has 3 aromatic carbocycles. The van der Waals surface area contributed by atoms with E-state index in [4.69, 9.17) is 9.47 Å². The molecule has 0 radical (unpaired) electrons. The average Bonchev–Trinajstić information content (AvgIpc) is 3.26. The van der Waals surface area contributed by atoms with Crippen molar-refractivity contribution in [2.75, 3.05) is 13.2 Å². The summed E-state index contributed by atoms with van der Waals surface area (Å²) in [5.74, 6) is 0.901. The normalized spacial score (nSPS) is 11.9. The average molecular weight is 483 g/mol. The molecule has 4 aromatic rings. The van der Waals surface area contributed by atoms with Crippen molar-refractivity contribution >= 4 is 28.9 Å². The molecule has 4 rings (SSSR count). The molecule has 0 fully saturated rings. The first kappa shape index (κ1) is 24.8. The van der Waals surface area contributed by atoms with Gasteiger partial charge in [0.05, 0.1) is 6.61 Å². The summed E-state index contributed by atoms with van der Waals surface area (Å²) < 4.78 is 13.0. The monoisotopic (exact) mass is 482 g/mol. The van der Waals surface area contributed by atoms with E-state index in [1.807, 2.05) is 96.6 Å². The molecule has 1 aromatic heterocycles.